The summed E-state index contributed by atoms with van der Waals surface area (Å²) in [6.45, 7) is -2.70. The highest BCUT2D eigenvalue weighted by Crippen LogP contribution is 2.33. The Labute approximate surface area is 158 Å². The second-order valence-corrected chi connectivity index (χ2v) is 6.38. The molecule has 0 bridgehead atoms. The van der Waals surface area contributed by atoms with Crippen LogP contribution in [0, 0.1) is 18.1 Å². The number of halogens is 4. The van der Waals surface area contributed by atoms with E-state index in [1.54, 1.807) is 0 Å². The molecule has 0 radical (unpaired) electrons. The van der Waals surface area contributed by atoms with E-state index in [4.69, 9.17) is 27.9 Å². The lowest BCUT2D eigenvalue weighted by Gasteiger charge is -2.11. The summed E-state index contributed by atoms with van der Waals surface area (Å²) in [6, 6.07) is 6.11. The summed E-state index contributed by atoms with van der Waals surface area (Å²) in [6.07, 6.45) is 4.67. The molecule has 5 nitrogen and oxygen atoms in total. The third-order valence-electron chi connectivity index (χ3n) is 3.52. The van der Waals surface area contributed by atoms with E-state index in [1.165, 1.54) is 18.5 Å². The molecule has 0 saturated heterocycles. The predicted octanol–water partition coefficient (Wildman–Crippen LogP) is 4.63. The van der Waals surface area contributed by atoms with E-state index in [2.05, 4.69) is 27.2 Å². The van der Waals surface area contributed by atoms with Crippen molar-refractivity contribution < 1.29 is 23.0 Å². The fourth-order valence-corrected chi connectivity index (χ4v) is 2.49. The highest BCUT2D eigenvalue weighted by Gasteiger charge is 2.23. The summed E-state index contributed by atoms with van der Waals surface area (Å²) in [5.41, 5.74) is 0.177. The van der Waals surface area contributed by atoms with Crippen LogP contribution in [-0.4, -0.2) is 24.1 Å². The van der Waals surface area contributed by atoms with Gasteiger partial charge in [0.2, 0.25) is 5.75 Å². The fourth-order valence-electron chi connectivity index (χ4n) is 2.03. The van der Waals surface area contributed by atoms with Crippen molar-refractivity contribution in [1.29, 1.82) is 0 Å². The summed E-state index contributed by atoms with van der Waals surface area (Å²) in [5, 5.41) is 2.82. The van der Waals surface area contributed by atoms with Crippen molar-refractivity contribution in [2.45, 2.75) is 19.5 Å². The molecule has 136 valence electrons. The molecule has 0 atom stereocenters. The number of carbonyl (C=O) groups is 1. The van der Waals surface area contributed by atoms with Crippen molar-refractivity contribution in [3.63, 3.8) is 0 Å². The van der Waals surface area contributed by atoms with Gasteiger partial charge in [0, 0.05) is 18.5 Å². The summed E-state index contributed by atoms with van der Waals surface area (Å²) in [4.78, 5) is 16.2. The number of alkyl halides is 2. The van der Waals surface area contributed by atoms with Crippen molar-refractivity contribution in [3.05, 3.63) is 46.2 Å². The SMILES string of the molecule is O=C(Nc1c(Cl)cncc1Cl)c1c#cc(OC(F)F)c(OCC2CC2)c1. The van der Waals surface area contributed by atoms with Gasteiger partial charge in [-0.1, -0.05) is 29.3 Å². The summed E-state index contributed by atoms with van der Waals surface area (Å²) in [5.74, 6) is -0.549. The molecule has 1 heterocycles. The lowest BCUT2D eigenvalue weighted by Crippen LogP contribution is -2.13. The fraction of sp³-hybridized carbons (Fsp3) is 0.294. The quantitative estimate of drug-likeness (QED) is 0.735. The molecular weight excluding hydrogens is 389 g/mol. The maximum atomic E-state index is 12.5. The summed E-state index contributed by atoms with van der Waals surface area (Å²) < 4.78 is 34.9. The van der Waals surface area contributed by atoms with Gasteiger partial charge in [0.1, 0.15) is 0 Å². The molecule has 3 rings (SSSR count). The van der Waals surface area contributed by atoms with Crippen LogP contribution < -0.4 is 14.8 Å². The van der Waals surface area contributed by atoms with Crippen LogP contribution in [0.1, 0.15) is 23.2 Å². The lowest BCUT2D eigenvalue weighted by molar-refractivity contribution is -0.0515. The Morgan fingerprint density at radius 1 is 1.31 bits per heavy atom. The number of ether oxygens (including phenoxy) is 2. The maximum Gasteiger partial charge on any atom is 0.388 e. The molecular formula is C17H12Cl2F2N2O3. The zero-order valence-electron chi connectivity index (χ0n) is 13.2. The lowest BCUT2D eigenvalue weighted by atomic mass is 10.2. The second kappa shape index (κ2) is 7.94. The van der Waals surface area contributed by atoms with Crippen molar-refractivity contribution in [2.24, 2.45) is 5.92 Å². The minimum Gasteiger partial charge on any atom is -0.489 e. The molecule has 0 spiro atoms. The normalized spacial score (nSPS) is 13.3. The molecule has 1 amide bonds. The van der Waals surface area contributed by atoms with Gasteiger partial charge in [-0.25, -0.2) is 0 Å². The van der Waals surface area contributed by atoms with Crippen LogP contribution in [0.3, 0.4) is 0 Å². The Kier molecular flexibility index (Phi) is 5.64. The highest BCUT2D eigenvalue weighted by atomic mass is 35.5. The monoisotopic (exact) mass is 400 g/mol. The number of nitrogens with zero attached hydrogens (tertiary/aromatic N) is 1. The maximum absolute atomic E-state index is 12.5. The van der Waals surface area contributed by atoms with Crippen molar-refractivity contribution in [2.75, 3.05) is 11.9 Å². The van der Waals surface area contributed by atoms with Crippen LogP contribution in [0.5, 0.6) is 11.5 Å². The van der Waals surface area contributed by atoms with Gasteiger partial charge in [-0.3, -0.25) is 9.78 Å². The van der Waals surface area contributed by atoms with E-state index in [9.17, 15) is 13.6 Å². The Morgan fingerprint density at radius 3 is 2.62 bits per heavy atom. The van der Waals surface area contributed by atoms with Crippen molar-refractivity contribution in [3.8, 4) is 11.5 Å². The van der Waals surface area contributed by atoms with E-state index in [0.717, 1.165) is 12.8 Å². The second-order valence-electron chi connectivity index (χ2n) is 5.57. The molecule has 1 aromatic heterocycles. The molecule has 0 aliphatic heterocycles. The smallest absolute Gasteiger partial charge is 0.388 e. The van der Waals surface area contributed by atoms with E-state index < -0.39 is 12.5 Å². The van der Waals surface area contributed by atoms with E-state index >= 15 is 0 Å². The standard InChI is InChI=1S/C17H12Cl2F2N2O3/c18-11-6-22-7-12(19)15(11)23-16(24)10-3-4-13(26-17(20)21)14(5-10)25-8-9-1-2-9/h5-7,9,17H,1-2,8H2,(H,22,23,24). The van der Waals surface area contributed by atoms with Gasteiger partial charge in [0.15, 0.2) is 5.75 Å². The van der Waals surface area contributed by atoms with E-state index in [1.807, 2.05) is 0 Å². The van der Waals surface area contributed by atoms with Gasteiger partial charge in [-0.05, 0) is 24.8 Å². The number of hydrogen-bond donors (Lipinski definition) is 1. The molecule has 2 aromatic rings. The largest absolute Gasteiger partial charge is 0.489 e. The third kappa shape index (κ3) is 4.65. The minimum absolute atomic E-state index is 0.00126. The van der Waals surface area contributed by atoms with Gasteiger partial charge in [0.25, 0.3) is 5.91 Å². The van der Waals surface area contributed by atoms with Crippen LogP contribution in [0.2, 0.25) is 10.0 Å². The van der Waals surface area contributed by atoms with Gasteiger partial charge >= 0.3 is 6.61 Å². The van der Waals surface area contributed by atoms with Crippen LogP contribution in [0.15, 0.2) is 18.5 Å². The molecule has 9 heteroatoms. The summed E-state index contributed by atoms with van der Waals surface area (Å²) >= 11 is 11.9. The first-order valence-electron chi connectivity index (χ1n) is 7.60. The Bertz CT molecular complexity index is 796. The molecule has 1 aromatic carbocycles. The molecule has 1 N–H and O–H groups in total. The van der Waals surface area contributed by atoms with E-state index in [-0.39, 0.29) is 32.8 Å². The van der Waals surface area contributed by atoms with Crippen LogP contribution in [0.4, 0.5) is 14.5 Å². The molecule has 1 aliphatic carbocycles. The van der Waals surface area contributed by atoms with E-state index in [0.29, 0.717) is 12.5 Å². The van der Waals surface area contributed by atoms with Gasteiger partial charge < -0.3 is 14.8 Å². The topological polar surface area (TPSA) is 60.5 Å². The number of pyridine rings is 1. The zero-order valence-corrected chi connectivity index (χ0v) is 14.7. The number of rotatable bonds is 7. The number of aromatic nitrogens is 1. The number of hydrogen-bond acceptors (Lipinski definition) is 4. The molecule has 26 heavy (non-hydrogen) atoms. The van der Waals surface area contributed by atoms with Crippen molar-refractivity contribution >= 4 is 34.8 Å². The Hall–Kier alpha value is -2.30. The molecule has 1 fully saturated rings. The highest BCUT2D eigenvalue weighted by molar-refractivity contribution is 6.39. The first-order valence-corrected chi connectivity index (χ1v) is 8.35. The first kappa shape index (κ1) is 18.5. The first-order chi connectivity index (χ1) is 12.4. The van der Waals surface area contributed by atoms with Gasteiger partial charge in [-0.2, -0.15) is 8.78 Å². The molecule has 0 unspecified atom stereocenters. The zero-order chi connectivity index (χ0) is 18.7. The third-order valence-corrected chi connectivity index (χ3v) is 4.10. The average molecular weight is 401 g/mol. The predicted molar refractivity (Wildman–Crippen MR) is 91.2 cm³/mol. The van der Waals surface area contributed by atoms with Crippen LogP contribution in [0.25, 0.3) is 0 Å². The number of anilines is 1. The molecule has 1 aliphatic rings. The van der Waals surface area contributed by atoms with Crippen LogP contribution >= 0.6 is 23.2 Å². The number of amides is 1. The number of carbonyl (C=O) groups excluding carboxylic acids is 1. The minimum atomic E-state index is -3.04. The Balaban J connectivity index is 1.81. The van der Waals surface area contributed by atoms with Gasteiger partial charge in [-0.15, -0.1) is 0 Å². The van der Waals surface area contributed by atoms with Gasteiger partial charge in [0.05, 0.1) is 27.9 Å². The average Bonchev–Trinajstić information content (AvgIpc) is 3.41. The molecule has 1 saturated carbocycles. The van der Waals surface area contributed by atoms with Crippen LogP contribution in [-0.2, 0) is 0 Å². The number of nitrogens with one attached hydrogen (secondary N) is 1. The Morgan fingerprint density at radius 2 is 2.00 bits per heavy atom. The van der Waals surface area contributed by atoms with Crippen molar-refractivity contribution in [1.82, 2.24) is 4.98 Å². The summed E-state index contributed by atoms with van der Waals surface area (Å²) in [7, 11) is 0.